The third-order valence-corrected chi connectivity index (χ3v) is 6.45. The molecule has 160 valence electrons. The Hall–Kier alpha value is -3.45. The largest absolute Gasteiger partial charge is 0.352 e. The van der Waals surface area contributed by atoms with E-state index in [-0.39, 0.29) is 29.4 Å². The van der Waals surface area contributed by atoms with Gasteiger partial charge in [0.1, 0.15) is 5.82 Å². The van der Waals surface area contributed by atoms with Crippen molar-refractivity contribution in [3.8, 4) is 0 Å². The second-order valence-electron chi connectivity index (χ2n) is 6.79. The normalized spacial score (nSPS) is 11.0. The molecule has 31 heavy (non-hydrogen) atoms. The van der Waals surface area contributed by atoms with Crippen LogP contribution in [0.15, 0.2) is 96.4 Å². The van der Waals surface area contributed by atoms with Crippen LogP contribution < -0.4 is 9.62 Å². The van der Waals surface area contributed by atoms with Crippen molar-refractivity contribution in [2.24, 2.45) is 0 Å². The smallest absolute Gasteiger partial charge is 0.264 e. The molecule has 1 amide bonds. The standard InChI is InChI=1S/C24H23FN2O3S/c1-2-17-27(21-11-4-3-5-12-21)31(29,30)22-13-8-10-20(18-22)24(28)26-16-15-19-9-6-7-14-23(19)25/h2-14,18H,1,15-17H2,(H,26,28). The van der Waals surface area contributed by atoms with E-state index in [0.29, 0.717) is 17.7 Å². The summed E-state index contributed by atoms with van der Waals surface area (Å²) in [5.74, 6) is -0.753. The number of nitrogens with zero attached hydrogens (tertiary/aromatic N) is 1. The second kappa shape index (κ2) is 10.0. The lowest BCUT2D eigenvalue weighted by atomic mass is 10.1. The van der Waals surface area contributed by atoms with Gasteiger partial charge in [0.25, 0.3) is 15.9 Å². The zero-order valence-corrected chi connectivity index (χ0v) is 17.7. The van der Waals surface area contributed by atoms with Crippen LogP contribution >= 0.6 is 0 Å². The maximum Gasteiger partial charge on any atom is 0.264 e. The third kappa shape index (κ3) is 5.38. The van der Waals surface area contributed by atoms with Crippen LogP contribution in [0.3, 0.4) is 0 Å². The zero-order chi connectivity index (χ0) is 22.3. The first-order chi connectivity index (χ1) is 14.9. The first kappa shape index (κ1) is 22.2. The quantitative estimate of drug-likeness (QED) is 0.510. The summed E-state index contributed by atoms with van der Waals surface area (Å²) in [6.07, 6.45) is 1.83. The van der Waals surface area contributed by atoms with E-state index in [1.54, 1.807) is 48.5 Å². The topological polar surface area (TPSA) is 66.5 Å². The van der Waals surface area contributed by atoms with E-state index in [0.717, 1.165) is 0 Å². The minimum absolute atomic E-state index is 0.0000399. The molecule has 0 radical (unpaired) electrons. The Morgan fingerprint density at radius 3 is 2.42 bits per heavy atom. The minimum Gasteiger partial charge on any atom is -0.352 e. The predicted molar refractivity (Wildman–Crippen MR) is 120 cm³/mol. The van der Waals surface area contributed by atoms with Crippen molar-refractivity contribution >= 4 is 21.6 Å². The minimum atomic E-state index is -3.91. The molecule has 0 saturated carbocycles. The second-order valence-corrected chi connectivity index (χ2v) is 8.65. The van der Waals surface area contributed by atoms with Crippen LogP contribution in [0.25, 0.3) is 0 Å². The van der Waals surface area contributed by atoms with Crippen molar-refractivity contribution in [2.45, 2.75) is 11.3 Å². The summed E-state index contributed by atoms with van der Waals surface area (Å²) in [6.45, 7) is 3.96. The molecule has 3 rings (SSSR count). The molecule has 0 unspecified atom stereocenters. The molecule has 3 aromatic rings. The number of para-hydroxylation sites is 1. The van der Waals surface area contributed by atoms with Crippen molar-refractivity contribution in [2.75, 3.05) is 17.4 Å². The van der Waals surface area contributed by atoms with Crippen molar-refractivity contribution in [1.82, 2.24) is 5.32 Å². The number of hydrogen-bond donors (Lipinski definition) is 1. The Morgan fingerprint density at radius 1 is 1.00 bits per heavy atom. The number of benzene rings is 3. The molecule has 0 aromatic heterocycles. The summed E-state index contributed by atoms with van der Waals surface area (Å²) in [4.78, 5) is 12.5. The Morgan fingerprint density at radius 2 is 1.71 bits per heavy atom. The van der Waals surface area contributed by atoms with Gasteiger partial charge in [-0.25, -0.2) is 12.8 Å². The summed E-state index contributed by atoms with van der Waals surface area (Å²) < 4.78 is 41.4. The van der Waals surface area contributed by atoms with Gasteiger partial charge in [-0.1, -0.05) is 48.5 Å². The van der Waals surface area contributed by atoms with Crippen molar-refractivity contribution in [3.05, 3.63) is 108 Å². The molecule has 0 aliphatic heterocycles. The van der Waals surface area contributed by atoms with E-state index in [2.05, 4.69) is 11.9 Å². The van der Waals surface area contributed by atoms with Gasteiger partial charge in [-0.05, 0) is 48.4 Å². The number of halogens is 1. The van der Waals surface area contributed by atoms with E-state index in [1.807, 2.05) is 0 Å². The lowest BCUT2D eigenvalue weighted by molar-refractivity contribution is 0.0954. The van der Waals surface area contributed by atoms with Crippen LogP contribution in [-0.4, -0.2) is 27.4 Å². The highest BCUT2D eigenvalue weighted by Crippen LogP contribution is 2.24. The van der Waals surface area contributed by atoms with Crippen LogP contribution in [0.2, 0.25) is 0 Å². The summed E-state index contributed by atoms with van der Waals surface area (Å²) in [5, 5.41) is 2.71. The molecule has 1 N–H and O–H groups in total. The van der Waals surface area contributed by atoms with E-state index in [4.69, 9.17) is 0 Å². The molecular weight excluding hydrogens is 415 g/mol. The highest BCUT2D eigenvalue weighted by molar-refractivity contribution is 7.92. The van der Waals surface area contributed by atoms with Gasteiger partial charge in [-0.3, -0.25) is 9.10 Å². The van der Waals surface area contributed by atoms with Gasteiger partial charge in [0, 0.05) is 12.1 Å². The lowest BCUT2D eigenvalue weighted by Crippen LogP contribution is -2.31. The monoisotopic (exact) mass is 438 g/mol. The molecule has 7 heteroatoms. The lowest BCUT2D eigenvalue weighted by Gasteiger charge is -2.23. The van der Waals surface area contributed by atoms with Gasteiger partial charge >= 0.3 is 0 Å². The average molecular weight is 439 g/mol. The summed E-state index contributed by atoms with van der Waals surface area (Å²) in [7, 11) is -3.91. The molecule has 0 spiro atoms. The number of rotatable bonds is 9. The predicted octanol–water partition coefficient (Wildman–Crippen LogP) is 4.18. The highest BCUT2D eigenvalue weighted by Gasteiger charge is 2.24. The number of carbonyl (C=O) groups excluding carboxylic acids is 1. The fraction of sp³-hybridized carbons (Fsp3) is 0.125. The molecule has 0 atom stereocenters. The van der Waals surface area contributed by atoms with Crippen molar-refractivity contribution in [1.29, 1.82) is 0 Å². The molecule has 0 bridgehead atoms. The number of carbonyl (C=O) groups is 1. The number of sulfonamides is 1. The zero-order valence-electron chi connectivity index (χ0n) is 16.9. The molecule has 0 heterocycles. The highest BCUT2D eigenvalue weighted by atomic mass is 32.2. The van der Waals surface area contributed by atoms with Crippen LogP contribution in [-0.2, 0) is 16.4 Å². The molecule has 0 fully saturated rings. The Balaban J connectivity index is 1.77. The van der Waals surface area contributed by atoms with Crippen LogP contribution in [0.1, 0.15) is 15.9 Å². The van der Waals surface area contributed by atoms with Gasteiger partial charge in [0.2, 0.25) is 0 Å². The number of nitrogens with one attached hydrogen (secondary N) is 1. The molecule has 0 saturated heterocycles. The maximum atomic E-state index is 13.7. The van der Waals surface area contributed by atoms with E-state index in [1.165, 1.54) is 40.7 Å². The summed E-state index contributed by atoms with van der Waals surface area (Å²) in [6, 6.07) is 20.9. The summed E-state index contributed by atoms with van der Waals surface area (Å²) >= 11 is 0. The van der Waals surface area contributed by atoms with E-state index in [9.17, 15) is 17.6 Å². The Labute approximate surface area is 181 Å². The SMILES string of the molecule is C=CCN(c1ccccc1)S(=O)(=O)c1cccc(C(=O)NCCc2ccccc2F)c1. The van der Waals surface area contributed by atoms with Crippen LogP contribution in [0.4, 0.5) is 10.1 Å². The third-order valence-electron chi connectivity index (χ3n) is 4.66. The number of anilines is 1. The first-order valence-electron chi connectivity index (χ1n) is 9.74. The molecular formula is C24H23FN2O3S. The van der Waals surface area contributed by atoms with Crippen molar-refractivity contribution in [3.63, 3.8) is 0 Å². The van der Waals surface area contributed by atoms with Gasteiger partial charge < -0.3 is 5.32 Å². The van der Waals surface area contributed by atoms with Gasteiger partial charge in [-0.2, -0.15) is 0 Å². The summed E-state index contributed by atoms with van der Waals surface area (Å²) in [5.41, 5.74) is 1.21. The molecule has 5 nitrogen and oxygen atoms in total. The number of amides is 1. The fourth-order valence-corrected chi connectivity index (χ4v) is 4.57. The Bertz CT molecular complexity index is 1160. The average Bonchev–Trinajstić information content (AvgIpc) is 2.79. The van der Waals surface area contributed by atoms with Crippen LogP contribution in [0, 0.1) is 5.82 Å². The molecule has 0 aliphatic carbocycles. The molecule has 3 aromatic carbocycles. The fourth-order valence-electron chi connectivity index (χ4n) is 3.09. The Kier molecular flexibility index (Phi) is 7.20. The van der Waals surface area contributed by atoms with E-state index >= 15 is 0 Å². The number of hydrogen-bond acceptors (Lipinski definition) is 3. The van der Waals surface area contributed by atoms with E-state index < -0.39 is 15.9 Å². The first-order valence-corrected chi connectivity index (χ1v) is 11.2. The molecule has 0 aliphatic rings. The van der Waals surface area contributed by atoms with Gasteiger partial charge in [0.05, 0.1) is 17.1 Å². The van der Waals surface area contributed by atoms with Gasteiger partial charge in [0.15, 0.2) is 0 Å². The van der Waals surface area contributed by atoms with Crippen LogP contribution in [0.5, 0.6) is 0 Å². The maximum absolute atomic E-state index is 13.7. The van der Waals surface area contributed by atoms with Gasteiger partial charge in [-0.15, -0.1) is 6.58 Å². The van der Waals surface area contributed by atoms with Crippen molar-refractivity contribution < 1.29 is 17.6 Å².